The second-order valence-corrected chi connectivity index (χ2v) is 7.67. The Morgan fingerprint density at radius 2 is 2.11 bits per heavy atom. The van der Waals surface area contributed by atoms with Crippen molar-refractivity contribution in [2.24, 2.45) is 5.73 Å². The van der Waals surface area contributed by atoms with Gasteiger partial charge >= 0.3 is 0 Å². The third-order valence-electron chi connectivity index (χ3n) is 4.12. The number of aromatic nitrogens is 4. The van der Waals surface area contributed by atoms with Crippen molar-refractivity contribution in [1.29, 1.82) is 0 Å². The number of rotatable bonds is 9. The maximum absolute atomic E-state index is 9.13. The van der Waals surface area contributed by atoms with Crippen LogP contribution < -0.4 is 5.73 Å². The van der Waals surface area contributed by atoms with Crippen molar-refractivity contribution in [3.05, 3.63) is 34.1 Å². The van der Waals surface area contributed by atoms with Gasteiger partial charge in [0, 0.05) is 17.5 Å². The Kier molecular flexibility index (Phi) is 6.89. The summed E-state index contributed by atoms with van der Waals surface area (Å²) in [5.74, 6) is 1.17. The van der Waals surface area contributed by atoms with Gasteiger partial charge in [-0.1, -0.05) is 60.3 Å². The van der Waals surface area contributed by atoms with E-state index < -0.39 is 6.04 Å². The first kappa shape index (κ1) is 19.9. The molecule has 1 atom stereocenters. The van der Waals surface area contributed by atoms with E-state index in [1.807, 2.05) is 12.1 Å². The first-order valence-corrected chi connectivity index (χ1v) is 10.1. The molecule has 1 aromatic carbocycles. The zero-order valence-corrected chi connectivity index (χ0v) is 16.6. The molecule has 0 radical (unpaired) electrons. The van der Waals surface area contributed by atoms with Crippen molar-refractivity contribution in [2.75, 3.05) is 6.61 Å². The zero-order valence-electron chi connectivity index (χ0n) is 15.1. The summed E-state index contributed by atoms with van der Waals surface area (Å²) >= 11 is 7.74. The number of halogens is 1. The predicted molar refractivity (Wildman–Crippen MR) is 106 cm³/mol. The number of hydrogen-bond donors (Lipinski definition) is 2. The molecule has 3 N–H and O–H groups in total. The minimum absolute atomic E-state index is 0.181. The molecule has 2 heterocycles. The summed E-state index contributed by atoms with van der Waals surface area (Å²) < 4.78 is 5.33. The van der Waals surface area contributed by atoms with Crippen molar-refractivity contribution in [3.8, 4) is 22.0 Å². The molecule has 1 unspecified atom stereocenters. The minimum Gasteiger partial charge on any atom is -0.394 e. The van der Waals surface area contributed by atoms with E-state index in [-0.39, 0.29) is 6.61 Å². The molecule has 0 aliphatic rings. The molecule has 27 heavy (non-hydrogen) atoms. The first-order chi connectivity index (χ1) is 13.1. The van der Waals surface area contributed by atoms with Crippen molar-refractivity contribution in [1.82, 2.24) is 20.3 Å². The first-order valence-electron chi connectivity index (χ1n) is 8.95. The summed E-state index contributed by atoms with van der Waals surface area (Å²) in [5, 5.41) is 23.0. The van der Waals surface area contributed by atoms with Gasteiger partial charge in [0.25, 0.3) is 0 Å². The smallest absolute Gasteiger partial charge is 0.226 e. The largest absolute Gasteiger partial charge is 0.394 e. The van der Waals surface area contributed by atoms with Crippen molar-refractivity contribution in [3.63, 3.8) is 0 Å². The van der Waals surface area contributed by atoms with E-state index in [0.29, 0.717) is 26.8 Å². The predicted octanol–water partition coefficient (Wildman–Crippen LogP) is 4.02. The SMILES string of the molecule is CCCCCCc1nc(-c2ccc(-c3nnc(C(N)CO)s3)c(Cl)c2)no1. The van der Waals surface area contributed by atoms with Crippen molar-refractivity contribution < 1.29 is 9.63 Å². The van der Waals surface area contributed by atoms with Crippen LogP contribution in [0.1, 0.15) is 49.5 Å². The molecule has 0 aliphatic carbocycles. The molecule has 0 aliphatic heterocycles. The molecular formula is C18H22ClN5O2S. The Balaban J connectivity index is 1.73. The fraction of sp³-hybridized carbons (Fsp3) is 0.444. The maximum atomic E-state index is 9.13. The van der Waals surface area contributed by atoms with E-state index >= 15 is 0 Å². The van der Waals surface area contributed by atoms with E-state index in [9.17, 15) is 0 Å². The summed E-state index contributed by atoms with van der Waals surface area (Å²) in [6.07, 6.45) is 5.41. The average molecular weight is 408 g/mol. The number of hydrogen-bond acceptors (Lipinski definition) is 8. The Hall–Kier alpha value is -1.87. The summed E-state index contributed by atoms with van der Waals surface area (Å²) in [6, 6.07) is 4.98. The fourth-order valence-corrected chi connectivity index (χ4v) is 3.78. The lowest BCUT2D eigenvalue weighted by molar-refractivity contribution is 0.267. The standard InChI is InChI=1S/C18H22ClN5O2S/c1-2-3-4-5-6-15-21-16(24-26-15)11-7-8-12(13(19)9-11)17-22-23-18(27-17)14(20)10-25/h7-9,14,25H,2-6,10,20H2,1H3. The van der Waals surface area contributed by atoms with Gasteiger partial charge in [-0.05, 0) is 18.6 Å². The number of unbranched alkanes of at least 4 members (excludes halogenated alkanes) is 3. The van der Waals surface area contributed by atoms with E-state index in [1.165, 1.54) is 30.6 Å². The molecule has 3 rings (SSSR count). The third kappa shape index (κ3) is 4.90. The van der Waals surface area contributed by atoms with Gasteiger partial charge in [0.1, 0.15) is 10.0 Å². The monoisotopic (exact) mass is 407 g/mol. The summed E-state index contributed by atoms with van der Waals surface area (Å²) in [7, 11) is 0. The Bertz CT molecular complexity index is 882. The van der Waals surface area contributed by atoms with Crippen LogP contribution >= 0.6 is 22.9 Å². The second-order valence-electron chi connectivity index (χ2n) is 6.25. The second kappa shape index (κ2) is 9.36. The van der Waals surface area contributed by atoms with Gasteiger partial charge in [-0.25, -0.2) is 0 Å². The van der Waals surface area contributed by atoms with E-state index in [2.05, 4.69) is 27.3 Å². The summed E-state index contributed by atoms with van der Waals surface area (Å²) in [6.45, 7) is 2.00. The average Bonchev–Trinajstić information content (AvgIpc) is 3.34. The molecule has 144 valence electrons. The van der Waals surface area contributed by atoms with Gasteiger partial charge in [0.05, 0.1) is 17.7 Å². The molecule has 0 spiro atoms. The zero-order chi connectivity index (χ0) is 19.2. The summed E-state index contributed by atoms with van der Waals surface area (Å²) in [4.78, 5) is 4.45. The van der Waals surface area contributed by atoms with Crippen LogP contribution in [-0.2, 0) is 6.42 Å². The van der Waals surface area contributed by atoms with Gasteiger partial charge in [-0.15, -0.1) is 10.2 Å². The molecule has 0 bridgehead atoms. The highest BCUT2D eigenvalue weighted by Crippen LogP contribution is 2.34. The maximum Gasteiger partial charge on any atom is 0.226 e. The highest BCUT2D eigenvalue weighted by molar-refractivity contribution is 7.14. The lowest BCUT2D eigenvalue weighted by Gasteiger charge is -2.02. The number of aliphatic hydroxyl groups is 1. The van der Waals surface area contributed by atoms with Crippen LogP contribution in [0, 0.1) is 0 Å². The number of aliphatic hydroxyl groups excluding tert-OH is 1. The van der Waals surface area contributed by atoms with Crippen LogP contribution in [-0.4, -0.2) is 32.1 Å². The fourth-order valence-electron chi connectivity index (χ4n) is 2.58. The topological polar surface area (TPSA) is 111 Å². The molecule has 0 fully saturated rings. The molecule has 0 saturated heterocycles. The van der Waals surface area contributed by atoms with Gasteiger partial charge < -0.3 is 15.4 Å². The van der Waals surface area contributed by atoms with Crippen molar-refractivity contribution in [2.45, 2.75) is 45.1 Å². The van der Waals surface area contributed by atoms with Crippen molar-refractivity contribution >= 4 is 22.9 Å². The van der Waals surface area contributed by atoms with Gasteiger partial charge in [0.2, 0.25) is 11.7 Å². The quantitative estimate of drug-likeness (QED) is 0.515. The van der Waals surface area contributed by atoms with Crippen LogP contribution in [0.15, 0.2) is 22.7 Å². The highest BCUT2D eigenvalue weighted by Gasteiger charge is 2.16. The molecular weight excluding hydrogens is 386 g/mol. The van der Waals surface area contributed by atoms with Gasteiger partial charge in [0.15, 0.2) is 0 Å². The van der Waals surface area contributed by atoms with Gasteiger partial charge in [-0.3, -0.25) is 0 Å². The molecule has 0 saturated carbocycles. The van der Waals surface area contributed by atoms with Crippen LogP contribution in [0.3, 0.4) is 0 Å². The van der Waals surface area contributed by atoms with E-state index in [1.54, 1.807) is 6.07 Å². The molecule has 0 amide bonds. The van der Waals surface area contributed by atoms with E-state index in [4.69, 9.17) is 27.0 Å². The third-order valence-corrected chi connectivity index (χ3v) is 5.53. The van der Waals surface area contributed by atoms with Crippen LogP contribution in [0.2, 0.25) is 5.02 Å². The van der Waals surface area contributed by atoms with E-state index in [0.717, 1.165) is 24.0 Å². The minimum atomic E-state index is -0.538. The van der Waals surface area contributed by atoms with Gasteiger partial charge in [-0.2, -0.15) is 4.98 Å². The molecule has 3 aromatic rings. The molecule has 9 heteroatoms. The van der Waals surface area contributed by atoms with Crippen LogP contribution in [0.25, 0.3) is 22.0 Å². The lowest BCUT2D eigenvalue weighted by Crippen LogP contribution is -2.13. The number of nitrogens with zero attached hydrogens (tertiary/aromatic N) is 4. The summed E-state index contributed by atoms with van der Waals surface area (Å²) in [5.41, 5.74) is 7.30. The lowest BCUT2D eigenvalue weighted by atomic mass is 10.1. The number of nitrogens with two attached hydrogens (primary N) is 1. The highest BCUT2D eigenvalue weighted by atomic mass is 35.5. The molecule has 2 aromatic heterocycles. The Labute approximate surface area is 166 Å². The Morgan fingerprint density at radius 3 is 2.85 bits per heavy atom. The van der Waals surface area contributed by atoms with Crippen LogP contribution in [0.4, 0.5) is 0 Å². The number of aryl methyl sites for hydroxylation is 1. The molecule has 7 nitrogen and oxygen atoms in total. The number of benzene rings is 1. The Morgan fingerprint density at radius 1 is 1.26 bits per heavy atom. The van der Waals surface area contributed by atoms with Crippen LogP contribution in [0.5, 0.6) is 0 Å². The normalized spacial score (nSPS) is 12.4.